The molecule has 0 spiro atoms. The molecule has 1 aromatic heterocycles. The van der Waals surface area contributed by atoms with E-state index in [0.29, 0.717) is 19.1 Å². The molecule has 1 rings (SSSR count). The van der Waals surface area contributed by atoms with Gasteiger partial charge in [0.25, 0.3) is 0 Å². The molecule has 0 aliphatic carbocycles. The number of aryl methyl sites for hydroxylation is 1. The molecule has 0 bridgehead atoms. The zero-order valence-electron chi connectivity index (χ0n) is 14.3. The largest absolute Gasteiger partial charge is 0.396 e. The second-order valence-electron chi connectivity index (χ2n) is 6.12. The fourth-order valence-corrected chi connectivity index (χ4v) is 2.68. The number of aromatic nitrogens is 2. The average molecular weight is 297 g/mol. The smallest absolute Gasteiger partial charge is 0.0862 e. The predicted molar refractivity (Wildman–Crippen MR) is 87.4 cm³/mol. The molecule has 122 valence electrons. The highest BCUT2D eigenvalue weighted by Gasteiger charge is 2.18. The number of hydrogen-bond donors (Lipinski definition) is 2. The van der Waals surface area contributed by atoms with Gasteiger partial charge in [-0.15, -0.1) is 0 Å². The number of aliphatic hydroxyl groups excluding tert-OH is 1. The number of anilines is 1. The van der Waals surface area contributed by atoms with Gasteiger partial charge >= 0.3 is 0 Å². The van der Waals surface area contributed by atoms with Crippen molar-refractivity contribution in [1.29, 1.82) is 0 Å². The van der Waals surface area contributed by atoms with Crippen molar-refractivity contribution in [3.8, 4) is 0 Å². The number of likely N-dealkylation sites (N-methyl/N-ethyl adjacent to an activating group) is 2. The van der Waals surface area contributed by atoms with Gasteiger partial charge in [-0.05, 0) is 41.4 Å². The Morgan fingerprint density at radius 2 is 1.90 bits per heavy atom. The van der Waals surface area contributed by atoms with Crippen molar-refractivity contribution in [2.45, 2.75) is 46.4 Å². The Morgan fingerprint density at radius 1 is 1.29 bits per heavy atom. The maximum Gasteiger partial charge on any atom is 0.0862 e. The van der Waals surface area contributed by atoms with Gasteiger partial charge in [0.15, 0.2) is 0 Å². The summed E-state index contributed by atoms with van der Waals surface area (Å²) in [4.78, 5) is 4.46. The molecule has 3 N–H and O–H groups in total. The molecule has 0 aliphatic rings. The molecule has 0 aromatic carbocycles. The Labute approximate surface area is 128 Å². The highest BCUT2D eigenvalue weighted by Crippen LogP contribution is 2.15. The van der Waals surface area contributed by atoms with Crippen LogP contribution in [0.1, 0.15) is 25.2 Å². The molecule has 6 heteroatoms. The summed E-state index contributed by atoms with van der Waals surface area (Å²) in [5.41, 5.74) is 8.40. The maximum atomic E-state index is 10.4. The topological polar surface area (TPSA) is 70.5 Å². The lowest BCUT2D eigenvalue weighted by atomic mass is 10.2. The van der Waals surface area contributed by atoms with Gasteiger partial charge in [0.1, 0.15) is 0 Å². The van der Waals surface area contributed by atoms with Crippen molar-refractivity contribution in [1.82, 2.24) is 19.6 Å². The monoisotopic (exact) mass is 297 g/mol. The Kier molecular flexibility index (Phi) is 6.64. The fourth-order valence-electron chi connectivity index (χ4n) is 2.68. The molecular formula is C15H31N5O. The van der Waals surface area contributed by atoms with Crippen LogP contribution in [0.3, 0.4) is 0 Å². The van der Waals surface area contributed by atoms with Gasteiger partial charge in [-0.2, -0.15) is 5.10 Å². The number of rotatable bonds is 8. The van der Waals surface area contributed by atoms with Gasteiger partial charge in [0.05, 0.1) is 29.7 Å². The van der Waals surface area contributed by atoms with Crippen molar-refractivity contribution >= 4 is 5.69 Å². The van der Waals surface area contributed by atoms with Crippen LogP contribution in [0.2, 0.25) is 0 Å². The lowest BCUT2D eigenvalue weighted by molar-refractivity contribution is 0.0722. The molecule has 0 fully saturated rings. The zero-order chi connectivity index (χ0) is 16.2. The summed E-state index contributed by atoms with van der Waals surface area (Å²) in [7, 11) is 4.14. The average Bonchev–Trinajstić information content (AvgIpc) is 2.62. The summed E-state index contributed by atoms with van der Waals surface area (Å²) >= 11 is 0. The van der Waals surface area contributed by atoms with E-state index in [9.17, 15) is 5.11 Å². The zero-order valence-corrected chi connectivity index (χ0v) is 14.3. The summed E-state index contributed by atoms with van der Waals surface area (Å²) < 4.78 is 1.81. The number of nitrogen functional groups attached to an aromatic ring is 1. The highest BCUT2D eigenvalue weighted by atomic mass is 16.3. The minimum Gasteiger partial charge on any atom is -0.396 e. The van der Waals surface area contributed by atoms with Crippen LogP contribution < -0.4 is 5.73 Å². The standard InChI is InChI=1S/C15H31N5O/c1-7-19(11(2)8-18(5)6)9-14(21)10-20-13(4)15(16)12(3)17-20/h11,14,21H,7-10,16H2,1-6H3. The minimum atomic E-state index is -0.452. The number of aliphatic hydroxyl groups is 1. The van der Waals surface area contributed by atoms with Crippen LogP contribution in [0.4, 0.5) is 5.69 Å². The summed E-state index contributed by atoms with van der Waals surface area (Å²) in [5.74, 6) is 0. The van der Waals surface area contributed by atoms with Crippen LogP contribution in [-0.2, 0) is 6.54 Å². The van der Waals surface area contributed by atoms with Crippen LogP contribution in [-0.4, -0.2) is 70.6 Å². The van der Waals surface area contributed by atoms with E-state index in [1.54, 1.807) is 4.68 Å². The molecule has 0 saturated heterocycles. The summed E-state index contributed by atoms with van der Waals surface area (Å²) in [5, 5.41) is 14.7. The van der Waals surface area contributed by atoms with E-state index >= 15 is 0 Å². The molecule has 0 amide bonds. The predicted octanol–water partition coefficient (Wildman–Crippen LogP) is 0.715. The van der Waals surface area contributed by atoms with Crippen molar-refractivity contribution < 1.29 is 5.11 Å². The lowest BCUT2D eigenvalue weighted by Crippen LogP contribution is -2.44. The van der Waals surface area contributed by atoms with Crippen LogP contribution in [0, 0.1) is 13.8 Å². The molecule has 2 unspecified atom stereocenters. The van der Waals surface area contributed by atoms with E-state index < -0.39 is 6.10 Å². The van der Waals surface area contributed by atoms with Crippen molar-refractivity contribution in [3.05, 3.63) is 11.4 Å². The van der Waals surface area contributed by atoms with Gasteiger partial charge in [-0.25, -0.2) is 0 Å². The summed E-state index contributed by atoms with van der Waals surface area (Å²) in [6.07, 6.45) is -0.452. The Bertz CT molecular complexity index is 444. The van der Waals surface area contributed by atoms with E-state index in [0.717, 1.165) is 30.2 Å². The molecule has 1 heterocycles. The van der Waals surface area contributed by atoms with E-state index in [1.165, 1.54) is 0 Å². The third-order valence-corrected chi connectivity index (χ3v) is 3.93. The molecule has 2 atom stereocenters. The molecule has 21 heavy (non-hydrogen) atoms. The molecule has 0 saturated carbocycles. The summed E-state index contributed by atoms with van der Waals surface area (Å²) in [6.45, 7) is 11.2. The maximum absolute atomic E-state index is 10.4. The number of nitrogens with zero attached hydrogens (tertiary/aromatic N) is 4. The first-order valence-corrected chi connectivity index (χ1v) is 7.62. The first kappa shape index (κ1) is 17.9. The van der Waals surface area contributed by atoms with Crippen molar-refractivity contribution in [2.24, 2.45) is 0 Å². The van der Waals surface area contributed by atoms with Gasteiger partial charge in [-0.1, -0.05) is 6.92 Å². The highest BCUT2D eigenvalue weighted by molar-refractivity contribution is 5.46. The first-order valence-electron chi connectivity index (χ1n) is 7.62. The third-order valence-electron chi connectivity index (χ3n) is 3.93. The van der Waals surface area contributed by atoms with Gasteiger partial charge in [0, 0.05) is 19.1 Å². The van der Waals surface area contributed by atoms with Crippen LogP contribution in [0.15, 0.2) is 0 Å². The summed E-state index contributed by atoms with van der Waals surface area (Å²) in [6, 6.07) is 0.408. The normalized spacial score (nSPS) is 14.9. The number of hydrogen-bond acceptors (Lipinski definition) is 5. The molecular weight excluding hydrogens is 266 g/mol. The molecule has 0 radical (unpaired) electrons. The second kappa shape index (κ2) is 7.77. The Balaban J connectivity index is 2.62. The van der Waals surface area contributed by atoms with Crippen LogP contribution >= 0.6 is 0 Å². The van der Waals surface area contributed by atoms with E-state index in [1.807, 2.05) is 13.8 Å². The van der Waals surface area contributed by atoms with Crippen molar-refractivity contribution in [2.75, 3.05) is 39.5 Å². The first-order chi connectivity index (χ1) is 9.76. The quantitative estimate of drug-likeness (QED) is 0.740. The van der Waals surface area contributed by atoms with Crippen LogP contribution in [0.25, 0.3) is 0 Å². The van der Waals surface area contributed by atoms with E-state index in [2.05, 4.69) is 42.8 Å². The second-order valence-corrected chi connectivity index (χ2v) is 6.12. The van der Waals surface area contributed by atoms with Gasteiger partial charge in [0.2, 0.25) is 0 Å². The van der Waals surface area contributed by atoms with Gasteiger partial charge in [-0.3, -0.25) is 9.58 Å². The number of nitrogens with two attached hydrogens (primary N) is 1. The molecule has 0 aliphatic heterocycles. The SMILES string of the molecule is CCN(CC(O)Cn1nc(C)c(N)c1C)C(C)CN(C)C. The molecule has 6 nitrogen and oxygen atoms in total. The minimum absolute atomic E-state index is 0.408. The van der Waals surface area contributed by atoms with Crippen LogP contribution in [0.5, 0.6) is 0 Å². The van der Waals surface area contributed by atoms with Gasteiger partial charge < -0.3 is 15.7 Å². The third kappa shape index (κ3) is 4.98. The van der Waals surface area contributed by atoms with E-state index in [4.69, 9.17) is 5.73 Å². The lowest BCUT2D eigenvalue weighted by Gasteiger charge is -2.31. The van der Waals surface area contributed by atoms with Crippen molar-refractivity contribution in [3.63, 3.8) is 0 Å². The van der Waals surface area contributed by atoms with E-state index in [-0.39, 0.29) is 0 Å². The Hall–Kier alpha value is -1.11. The Morgan fingerprint density at radius 3 is 2.33 bits per heavy atom. The fraction of sp³-hybridized carbons (Fsp3) is 0.800. The molecule has 1 aromatic rings.